The zero-order valence-electron chi connectivity index (χ0n) is 12.0. The van der Waals surface area contributed by atoms with Crippen LogP contribution < -0.4 is 5.73 Å². The number of hydrogen-bond donors (Lipinski definition) is 1. The molecule has 1 rings (SSSR count). The molecule has 6 nitrogen and oxygen atoms in total. The van der Waals surface area contributed by atoms with Crippen molar-refractivity contribution >= 4 is 21.7 Å². The highest BCUT2D eigenvalue weighted by Gasteiger charge is 2.35. The van der Waals surface area contributed by atoms with Gasteiger partial charge in [0, 0.05) is 18.8 Å². The molecule has 0 aromatic heterocycles. The summed E-state index contributed by atoms with van der Waals surface area (Å²) in [5.41, 5.74) is 7.01. The molecule has 0 saturated heterocycles. The molecule has 0 amide bonds. The van der Waals surface area contributed by atoms with Crippen molar-refractivity contribution < 1.29 is 17.9 Å². The molecule has 2 atom stereocenters. The van der Waals surface area contributed by atoms with Gasteiger partial charge in [-0.3, -0.25) is 4.79 Å². The number of nitrogen functional groups attached to an aromatic ring is 1. The van der Waals surface area contributed by atoms with E-state index in [4.69, 9.17) is 5.73 Å². The molecule has 20 heavy (non-hydrogen) atoms. The van der Waals surface area contributed by atoms with E-state index in [1.807, 2.05) is 0 Å². The van der Waals surface area contributed by atoms with Crippen molar-refractivity contribution in [3.63, 3.8) is 0 Å². The van der Waals surface area contributed by atoms with Crippen LogP contribution in [0.2, 0.25) is 0 Å². The van der Waals surface area contributed by atoms with E-state index in [1.165, 1.54) is 14.0 Å². The van der Waals surface area contributed by atoms with Crippen molar-refractivity contribution in [3.05, 3.63) is 29.8 Å². The monoisotopic (exact) mass is 300 g/mol. The maximum absolute atomic E-state index is 12.3. The first-order valence-corrected chi connectivity index (χ1v) is 7.62. The summed E-state index contributed by atoms with van der Waals surface area (Å²) >= 11 is 0. The van der Waals surface area contributed by atoms with Crippen molar-refractivity contribution in [2.45, 2.75) is 25.1 Å². The molecule has 112 valence electrons. The molecule has 0 fully saturated rings. The first kappa shape index (κ1) is 16.5. The Bertz CT molecular complexity index is 586. The summed E-state index contributed by atoms with van der Waals surface area (Å²) in [5.74, 6) is -0.781. The van der Waals surface area contributed by atoms with E-state index in [-0.39, 0.29) is 0 Å². The summed E-state index contributed by atoms with van der Waals surface area (Å²) in [6, 6.07) is 6.54. The van der Waals surface area contributed by atoms with Gasteiger partial charge in [0.05, 0.1) is 7.11 Å². The molecule has 7 heteroatoms. The molecule has 0 saturated carbocycles. The van der Waals surface area contributed by atoms with Crippen molar-refractivity contribution in [2.24, 2.45) is 0 Å². The van der Waals surface area contributed by atoms with Crippen LogP contribution in [0, 0.1) is 0 Å². The largest absolute Gasteiger partial charge is 0.468 e. The van der Waals surface area contributed by atoms with E-state index < -0.39 is 27.3 Å². The topological polar surface area (TPSA) is 89.7 Å². The Morgan fingerprint density at radius 1 is 1.35 bits per heavy atom. The highest BCUT2D eigenvalue weighted by atomic mass is 32.2. The highest BCUT2D eigenvalue weighted by molar-refractivity contribution is 7.90. The van der Waals surface area contributed by atoms with E-state index in [9.17, 15) is 13.2 Å². The predicted octanol–water partition coefficient (Wildman–Crippen LogP) is 1.15. The Hall–Kier alpha value is -1.60. The lowest BCUT2D eigenvalue weighted by atomic mass is 10.1. The highest BCUT2D eigenvalue weighted by Crippen LogP contribution is 2.25. The van der Waals surface area contributed by atoms with Gasteiger partial charge in [0.1, 0.15) is 0 Å². The number of hydrogen-bond acceptors (Lipinski definition) is 5. The minimum Gasteiger partial charge on any atom is -0.468 e. The fraction of sp³-hybridized carbons (Fsp3) is 0.462. The fourth-order valence-corrected chi connectivity index (χ4v) is 3.19. The second-order valence-corrected chi connectivity index (χ2v) is 6.89. The van der Waals surface area contributed by atoms with E-state index in [1.54, 1.807) is 31.2 Å². The molecule has 1 aromatic carbocycles. The normalized spacial score (nSPS) is 14.8. The van der Waals surface area contributed by atoms with Crippen molar-refractivity contribution in [2.75, 3.05) is 19.9 Å². The van der Waals surface area contributed by atoms with Crippen LogP contribution in [-0.2, 0) is 19.6 Å². The number of carbonyl (C=O) groups excluding carboxylic acids is 1. The van der Waals surface area contributed by atoms with Crippen LogP contribution in [0.4, 0.5) is 5.69 Å². The third-order valence-electron chi connectivity index (χ3n) is 3.32. The van der Waals surface area contributed by atoms with Gasteiger partial charge in [-0.15, -0.1) is 0 Å². The smallest absolute Gasteiger partial charge is 0.325 e. The second kappa shape index (κ2) is 6.23. The van der Waals surface area contributed by atoms with E-state index in [0.29, 0.717) is 5.69 Å². The number of nitrogens with two attached hydrogens (primary N) is 1. The maximum Gasteiger partial charge on any atom is 0.325 e. The number of benzene rings is 1. The number of sulfonamides is 1. The fourth-order valence-electron chi connectivity index (χ4n) is 1.79. The average Bonchev–Trinajstić information content (AvgIpc) is 2.43. The molecule has 0 radical (unpaired) electrons. The average molecular weight is 300 g/mol. The van der Waals surface area contributed by atoms with Crippen LogP contribution in [0.15, 0.2) is 24.3 Å². The van der Waals surface area contributed by atoms with Gasteiger partial charge >= 0.3 is 5.97 Å². The Morgan fingerprint density at radius 3 is 2.45 bits per heavy atom. The van der Waals surface area contributed by atoms with E-state index in [0.717, 1.165) is 17.0 Å². The zero-order valence-corrected chi connectivity index (χ0v) is 12.8. The molecule has 2 unspecified atom stereocenters. The number of methoxy groups -OCH3 is 1. The van der Waals surface area contributed by atoms with Gasteiger partial charge in [0.2, 0.25) is 10.0 Å². The summed E-state index contributed by atoms with van der Waals surface area (Å²) in [5, 5.41) is -1.25. The molecule has 0 aliphatic carbocycles. The Kier molecular flexibility index (Phi) is 5.13. The number of rotatable bonds is 5. The van der Waals surface area contributed by atoms with Crippen molar-refractivity contribution in [1.29, 1.82) is 0 Å². The van der Waals surface area contributed by atoms with Crippen LogP contribution >= 0.6 is 0 Å². The predicted molar refractivity (Wildman–Crippen MR) is 77.4 cm³/mol. The minimum absolute atomic E-state index is 0.435. The van der Waals surface area contributed by atoms with Crippen LogP contribution in [0.5, 0.6) is 0 Å². The molecular weight excluding hydrogens is 280 g/mol. The Morgan fingerprint density at radius 2 is 1.95 bits per heavy atom. The zero-order chi connectivity index (χ0) is 15.5. The van der Waals surface area contributed by atoms with Crippen LogP contribution in [0.25, 0.3) is 0 Å². The summed E-state index contributed by atoms with van der Waals surface area (Å²) in [6.45, 7) is 3.04. The minimum atomic E-state index is -3.79. The molecule has 0 aliphatic heterocycles. The number of ether oxygens (including phenoxy) is 1. The van der Waals surface area contributed by atoms with E-state index in [2.05, 4.69) is 4.74 Å². The van der Waals surface area contributed by atoms with Gasteiger partial charge in [-0.2, -0.15) is 4.31 Å². The molecule has 0 spiro atoms. The third kappa shape index (κ3) is 3.29. The molecule has 0 bridgehead atoms. The summed E-state index contributed by atoms with van der Waals surface area (Å²) < 4.78 is 30.3. The van der Waals surface area contributed by atoms with Crippen molar-refractivity contribution in [1.82, 2.24) is 4.31 Å². The van der Waals surface area contributed by atoms with Gasteiger partial charge in [0.15, 0.2) is 5.25 Å². The summed E-state index contributed by atoms with van der Waals surface area (Å²) in [7, 11) is -1.20. The number of anilines is 1. The van der Waals surface area contributed by atoms with Crippen LogP contribution in [0.3, 0.4) is 0 Å². The van der Waals surface area contributed by atoms with Gasteiger partial charge in [-0.1, -0.05) is 12.1 Å². The summed E-state index contributed by atoms with van der Waals surface area (Å²) in [4.78, 5) is 11.4. The van der Waals surface area contributed by atoms with Crippen molar-refractivity contribution in [3.8, 4) is 0 Å². The van der Waals surface area contributed by atoms with Gasteiger partial charge in [0.25, 0.3) is 0 Å². The molecular formula is C13H20N2O4S. The quantitative estimate of drug-likeness (QED) is 0.651. The van der Waals surface area contributed by atoms with Gasteiger partial charge in [-0.25, -0.2) is 8.42 Å². The first-order valence-electron chi connectivity index (χ1n) is 6.12. The van der Waals surface area contributed by atoms with Crippen LogP contribution in [0.1, 0.15) is 25.5 Å². The standard InChI is InChI=1S/C13H20N2O4S/c1-9(11-6-5-7-12(14)8-11)15(3)20(17,18)10(2)13(16)19-4/h5-10H,14H2,1-4H3. The number of esters is 1. The third-order valence-corrected chi connectivity index (χ3v) is 5.52. The SMILES string of the molecule is COC(=O)C(C)S(=O)(=O)N(C)C(C)c1cccc(N)c1. The Labute approximate surface area is 119 Å². The van der Waals surface area contributed by atoms with Gasteiger partial charge in [-0.05, 0) is 31.5 Å². The lowest BCUT2D eigenvalue weighted by Gasteiger charge is -2.27. The van der Waals surface area contributed by atoms with Crippen LogP contribution in [-0.4, -0.2) is 38.1 Å². The van der Waals surface area contributed by atoms with E-state index >= 15 is 0 Å². The molecule has 1 aromatic rings. The first-order chi connectivity index (χ1) is 9.21. The number of carbonyl (C=O) groups is 1. The molecule has 2 N–H and O–H groups in total. The Balaban J connectivity index is 3.04. The summed E-state index contributed by atoms with van der Waals surface area (Å²) in [6.07, 6.45) is 0. The number of nitrogens with zero attached hydrogens (tertiary/aromatic N) is 1. The lowest BCUT2D eigenvalue weighted by molar-refractivity contribution is -0.139. The molecule has 0 heterocycles. The van der Waals surface area contributed by atoms with Gasteiger partial charge < -0.3 is 10.5 Å². The second-order valence-electron chi connectivity index (χ2n) is 4.57. The lowest BCUT2D eigenvalue weighted by Crippen LogP contribution is -2.40. The maximum atomic E-state index is 12.3. The molecule has 0 aliphatic rings.